The van der Waals surface area contributed by atoms with Crippen LogP contribution in [-0.4, -0.2) is 49.2 Å². The molecule has 1 aliphatic rings. The molecule has 0 spiro atoms. The van der Waals surface area contributed by atoms with E-state index in [9.17, 15) is 4.79 Å². The second-order valence-electron chi connectivity index (χ2n) is 5.85. The molecule has 1 fully saturated rings. The van der Waals surface area contributed by atoms with E-state index >= 15 is 0 Å². The summed E-state index contributed by atoms with van der Waals surface area (Å²) >= 11 is 1.50. The number of hydrogen-bond donors (Lipinski definition) is 0. The van der Waals surface area contributed by atoms with Gasteiger partial charge in [-0.15, -0.1) is 11.3 Å². The molecular weight excluding hydrogens is 340 g/mol. The van der Waals surface area contributed by atoms with Crippen molar-refractivity contribution in [3.05, 3.63) is 34.3 Å². The van der Waals surface area contributed by atoms with Crippen LogP contribution in [0.1, 0.15) is 28.3 Å². The summed E-state index contributed by atoms with van der Waals surface area (Å²) < 4.78 is 16.9. The summed E-state index contributed by atoms with van der Waals surface area (Å²) in [5, 5.41) is 2.73. The molecule has 2 aromatic rings. The fourth-order valence-corrected chi connectivity index (χ4v) is 3.49. The molecule has 1 amide bonds. The Morgan fingerprint density at radius 3 is 2.36 bits per heavy atom. The van der Waals surface area contributed by atoms with Crippen LogP contribution in [0.4, 0.5) is 0 Å². The molecule has 25 heavy (non-hydrogen) atoms. The van der Waals surface area contributed by atoms with Crippen molar-refractivity contribution in [1.29, 1.82) is 0 Å². The number of aromatic nitrogens is 1. The molecule has 1 saturated heterocycles. The van der Waals surface area contributed by atoms with Crippen LogP contribution in [0.2, 0.25) is 0 Å². The second kappa shape index (κ2) is 7.74. The highest BCUT2D eigenvalue weighted by Crippen LogP contribution is 2.38. The number of methoxy groups -OCH3 is 2. The van der Waals surface area contributed by atoms with Crippen molar-refractivity contribution in [3.8, 4) is 17.2 Å². The summed E-state index contributed by atoms with van der Waals surface area (Å²) in [5.41, 5.74) is 0.535. The van der Waals surface area contributed by atoms with Gasteiger partial charge in [-0.1, -0.05) is 6.07 Å². The lowest BCUT2D eigenvalue weighted by atomic mass is 10.1. The van der Waals surface area contributed by atoms with Crippen LogP contribution in [0.25, 0.3) is 0 Å². The fraction of sp³-hybridized carbons (Fsp3) is 0.444. The summed E-state index contributed by atoms with van der Waals surface area (Å²) in [6.45, 7) is 3.21. The van der Waals surface area contributed by atoms with E-state index in [1.54, 1.807) is 14.2 Å². The molecule has 0 aliphatic carbocycles. The van der Waals surface area contributed by atoms with Crippen LogP contribution in [0, 0.1) is 6.92 Å². The monoisotopic (exact) mass is 362 g/mol. The molecule has 1 aromatic heterocycles. The Kier molecular flexibility index (Phi) is 5.43. The van der Waals surface area contributed by atoms with Gasteiger partial charge in [-0.2, -0.15) is 0 Å². The first kappa shape index (κ1) is 17.5. The Labute approximate surface area is 151 Å². The van der Waals surface area contributed by atoms with Crippen LogP contribution in [0.3, 0.4) is 0 Å². The SMILES string of the molecule is COc1cccc(OC)c1OC1CCN(C(=O)c2csc(C)n2)CC1. The minimum atomic E-state index is -0.00216. The standard InChI is InChI=1S/C18H22N2O4S/c1-12-19-14(11-25-12)18(21)20-9-7-13(8-10-20)24-17-15(22-2)5-4-6-16(17)23-3/h4-6,11,13H,7-10H2,1-3H3. The molecule has 7 heteroatoms. The van der Waals surface area contributed by atoms with Gasteiger partial charge in [-0.25, -0.2) is 4.98 Å². The molecule has 3 rings (SSSR count). The van der Waals surface area contributed by atoms with Gasteiger partial charge in [-0.3, -0.25) is 4.79 Å². The number of piperidine rings is 1. The molecular formula is C18H22N2O4S. The zero-order valence-corrected chi connectivity index (χ0v) is 15.5. The molecule has 1 aliphatic heterocycles. The molecule has 0 bridgehead atoms. The number of thiazole rings is 1. The van der Waals surface area contributed by atoms with E-state index in [1.807, 2.05) is 35.4 Å². The number of likely N-dealkylation sites (tertiary alicyclic amines) is 1. The van der Waals surface area contributed by atoms with Crippen LogP contribution in [0.15, 0.2) is 23.6 Å². The fourth-order valence-electron chi connectivity index (χ4n) is 2.90. The lowest BCUT2D eigenvalue weighted by Gasteiger charge is -2.32. The maximum atomic E-state index is 12.5. The van der Waals surface area contributed by atoms with Crippen molar-refractivity contribution in [2.45, 2.75) is 25.9 Å². The van der Waals surface area contributed by atoms with Gasteiger partial charge in [0.1, 0.15) is 11.8 Å². The lowest BCUT2D eigenvalue weighted by molar-refractivity contribution is 0.0580. The van der Waals surface area contributed by atoms with Crippen LogP contribution in [0.5, 0.6) is 17.2 Å². The Morgan fingerprint density at radius 1 is 1.20 bits per heavy atom. The van der Waals surface area contributed by atoms with Gasteiger partial charge >= 0.3 is 0 Å². The summed E-state index contributed by atoms with van der Waals surface area (Å²) in [6, 6.07) is 5.56. The molecule has 1 aromatic carbocycles. The van der Waals surface area contributed by atoms with Gasteiger partial charge in [0.25, 0.3) is 5.91 Å². The van der Waals surface area contributed by atoms with E-state index in [1.165, 1.54) is 11.3 Å². The second-order valence-corrected chi connectivity index (χ2v) is 6.92. The number of carbonyl (C=O) groups is 1. The van der Waals surface area contributed by atoms with E-state index in [2.05, 4.69) is 4.98 Å². The van der Waals surface area contributed by atoms with Gasteiger partial charge in [0.2, 0.25) is 5.75 Å². The largest absolute Gasteiger partial charge is 0.493 e. The normalized spacial score (nSPS) is 15.1. The van der Waals surface area contributed by atoms with Gasteiger partial charge in [0, 0.05) is 31.3 Å². The van der Waals surface area contributed by atoms with Crippen LogP contribution < -0.4 is 14.2 Å². The van der Waals surface area contributed by atoms with E-state index in [0.29, 0.717) is 36.0 Å². The van der Waals surface area contributed by atoms with Crippen LogP contribution in [-0.2, 0) is 0 Å². The number of hydrogen-bond acceptors (Lipinski definition) is 6. The Bertz CT molecular complexity index is 716. The van der Waals surface area contributed by atoms with Crippen molar-refractivity contribution >= 4 is 17.2 Å². The van der Waals surface area contributed by atoms with Crippen molar-refractivity contribution in [2.75, 3.05) is 27.3 Å². The highest BCUT2D eigenvalue weighted by molar-refractivity contribution is 7.09. The highest BCUT2D eigenvalue weighted by atomic mass is 32.1. The van der Waals surface area contributed by atoms with Crippen molar-refractivity contribution < 1.29 is 19.0 Å². The quantitative estimate of drug-likeness (QED) is 0.818. The number of nitrogens with zero attached hydrogens (tertiary/aromatic N) is 2. The first-order valence-corrected chi connectivity index (χ1v) is 9.09. The van der Waals surface area contributed by atoms with E-state index in [-0.39, 0.29) is 12.0 Å². The Morgan fingerprint density at radius 2 is 1.84 bits per heavy atom. The third-order valence-corrected chi connectivity index (χ3v) is 5.01. The predicted octanol–water partition coefficient (Wildman–Crippen LogP) is 3.15. The lowest BCUT2D eigenvalue weighted by Crippen LogP contribution is -2.42. The zero-order chi connectivity index (χ0) is 17.8. The molecule has 0 N–H and O–H groups in total. The van der Waals surface area contributed by atoms with Crippen molar-refractivity contribution in [1.82, 2.24) is 9.88 Å². The van der Waals surface area contributed by atoms with Gasteiger partial charge in [0.05, 0.1) is 19.2 Å². The first-order chi connectivity index (χ1) is 12.1. The van der Waals surface area contributed by atoms with E-state index in [0.717, 1.165) is 17.8 Å². The maximum absolute atomic E-state index is 12.5. The summed E-state index contributed by atoms with van der Waals surface area (Å²) in [5.74, 6) is 1.91. The Hall–Kier alpha value is -2.28. The minimum Gasteiger partial charge on any atom is -0.493 e. The topological polar surface area (TPSA) is 60.9 Å². The molecule has 0 radical (unpaired) electrons. The first-order valence-electron chi connectivity index (χ1n) is 8.21. The number of benzene rings is 1. The molecule has 0 saturated carbocycles. The number of carbonyl (C=O) groups excluding carboxylic acids is 1. The van der Waals surface area contributed by atoms with Gasteiger partial charge in [-0.05, 0) is 19.1 Å². The number of rotatable bonds is 5. The summed E-state index contributed by atoms with van der Waals surface area (Å²) in [6.07, 6.45) is 1.54. The molecule has 134 valence electrons. The maximum Gasteiger partial charge on any atom is 0.273 e. The summed E-state index contributed by atoms with van der Waals surface area (Å²) in [7, 11) is 3.22. The summed E-state index contributed by atoms with van der Waals surface area (Å²) in [4.78, 5) is 18.6. The predicted molar refractivity (Wildman–Crippen MR) is 96.0 cm³/mol. The smallest absolute Gasteiger partial charge is 0.273 e. The third kappa shape index (κ3) is 3.87. The van der Waals surface area contributed by atoms with Crippen LogP contribution >= 0.6 is 11.3 Å². The zero-order valence-electron chi connectivity index (χ0n) is 14.7. The molecule has 2 heterocycles. The average Bonchev–Trinajstić information content (AvgIpc) is 3.08. The molecule has 0 unspecified atom stereocenters. The van der Waals surface area contributed by atoms with E-state index in [4.69, 9.17) is 14.2 Å². The number of aryl methyl sites for hydroxylation is 1. The van der Waals surface area contributed by atoms with Crippen molar-refractivity contribution in [2.24, 2.45) is 0 Å². The van der Waals surface area contributed by atoms with Crippen molar-refractivity contribution in [3.63, 3.8) is 0 Å². The molecule has 0 atom stereocenters. The van der Waals surface area contributed by atoms with Gasteiger partial charge in [0.15, 0.2) is 11.5 Å². The third-order valence-electron chi connectivity index (χ3n) is 4.23. The minimum absolute atomic E-state index is 0.00216. The van der Waals surface area contributed by atoms with E-state index < -0.39 is 0 Å². The number of amides is 1. The number of para-hydroxylation sites is 1. The highest BCUT2D eigenvalue weighted by Gasteiger charge is 2.27. The Balaban J connectivity index is 1.63. The molecule has 6 nitrogen and oxygen atoms in total. The van der Waals surface area contributed by atoms with Gasteiger partial charge < -0.3 is 19.1 Å². The average molecular weight is 362 g/mol. The number of ether oxygens (including phenoxy) is 3.